The van der Waals surface area contributed by atoms with Crippen LogP contribution in [0.15, 0.2) is 53.5 Å². The summed E-state index contributed by atoms with van der Waals surface area (Å²) in [7, 11) is 0. The lowest BCUT2D eigenvalue weighted by molar-refractivity contribution is 0.574. The molecule has 3 aromatic rings. The van der Waals surface area contributed by atoms with E-state index in [1.165, 1.54) is 0 Å². The normalized spacial score (nSPS) is 10.3. The fraction of sp³-hybridized carbons (Fsp3) is 0.0714. The van der Waals surface area contributed by atoms with E-state index < -0.39 is 0 Å². The van der Waals surface area contributed by atoms with Gasteiger partial charge in [0.1, 0.15) is 12.3 Å². The first-order valence-electron chi connectivity index (χ1n) is 5.77. The van der Waals surface area contributed by atoms with Gasteiger partial charge in [-0.15, -0.1) is 0 Å². The first-order valence-corrected chi connectivity index (χ1v) is 5.77. The van der Waals surface area contributed by atoms with Gasteiger partial charge in [0, 0.05) is 24.5 Å². The molecule has 0 radical (unpaired) electrons. The summed E-state index contributed by atoms with van der Waals surface area (Å²) >= 11 is 0. The number of imidazole rings is 1. The summed E-state index contributed by atoms with van der Waals surface area (Å²) in [4.78, 5) is 8.06. The zero-order chi connectivity index (χ0) is 13.1. The van der Waals surface area contributed by atoms with Crippen molar-refractivity contribution in [3.8, 4) is 17.5 Å². The second-order valence-corrected chi connectivity index (χ2v) is 4.02. The van der Waals surface area contributed by atoms with E-state index >= 15 is 0 Å². The fourth-order valence-electron chi connectivity index (χ4n) is 1.87. The molecule has 1 aromatic carbocycles. The van der Waals surface area contributed by atoms with Gasteiger partial charge in [-0.25, -0.2) is 9.97 Å². The number of aromatic nitrogens is 3. The highest BCUT2D eigenvalue weighted by Gasteiger charge is 2.04. The molecule has 0 saturated carbocycles. The molecule has 0 amide bonds. The van der Waals surface area contributed by atoms with E-state index in [0.29, 0.717) is 18.3 Å². The van der Waals surface area contributed by atoms with Crippen molar-refractivity contribution < 1.29 is 4.42 Å². The molecule has 19 heavy (non-hydrogen) atoms. The third-order valence-electron chi connectivity index (χ3n) is 2.80. The van der Waals surface area contributed by atoms with E-state index in [0.717, 1.165) is 11.1 Å². The van der Waals surface area contributed by atoms with Crippen LogP contribution in [0.25, 0.3) is 11.5 Å². The first kappa shape index (κ1) is 11.2. The Morgan fingerprint density at radius 3 is 2.68 bits per heavy atom. The highest BCUT2D eigenvalue weighted by atomic mass is 16.3. The van der Waals surface area contributed by atoms with Crippen molar-refractivity contribution in [3.63, 3.8) is 0 Å². The van der Waals surface area contributed by atoms with Gasteiger partial charge in [0.05, 0.1) is 6.20 Å². The molecule has 92 valence electrons. The van der Waals surface area contributed by atoms with Gasteiger partial charge in [-0.2, -0.15) is 5.26 Å². The highest BCUT2D eigenvalue weighted by molar-refractivity contribution is 5.53. The lowest BCUT2D eigenvalue weighted by Crippen LogP contribution is -2.01. The summed E-state index contributed by atoms with van der Waals surface area (Å²) in [6.45, 7) is 0.620. The van der Waals surface area contributed by atoms with Gasteiger partial charge in [0.2, 0.25) is 11.7 Å². The summed E-state index contributed by atoms with van der Waals surface area (Å²) in [5, 5.41) is 8.90. The number of nitrogens with zero attached hydrogens (tertiary/aromatic N) is 4. The third-order valence-corrected chi connectivity index (χ3v) is 2.80. The van der Waals surface area contributed by atoms with E-state index in [9.17, 15) is 0 Å². The SMILES string of the molecule is N#Cc1nccn1Cc1ccc(-c2ncco2)cc1. The zero-order valence-electron chi connectivity index (χ0n) is 10.0. The Bertz CT molecular complexity index is 705. The molecule has 2 heterocycles. The monoisotopic (exact) mass is 250 g/mol. The number of nitriles is 1. The Kier molecular flexibility index (Phi) is 2.83. The topological polar surface area (TPSA) is 67.6 Å². The van der Waals surface area contributed by atoms with E-state index in [1.807, 2.05) is 24.3 Å². The third kappa shape index (κ3) is 2.24. The minimum Gasteiger partial charge on any atom is -0.445 e. The van der Waals surface area contributed by atoms with Crippen LogP contribution >= 0.6 is 0 Å². The average Bonchev–Trinajstić information content (AvgIpc) is 3.10. The molecule has 0 atom stereocenters. The molecule has 0 fully saturated rings. The standard InChI is InChI=1S/C14H10N4O/c15-9-13-16-5-7-18(13)10-11-1-3-12(4-2-11)14-17-6-8-19-14/h1-8H,10H2. The Labute approximate surface area is 109 Å². The summed E-state index contributed by atoms with van der Waals surface area (Å²) in [5.41, 5.74) is 2.02. The van der Waals surface area contributed by atoms with Crippen LogP contribution in [0.1, 0.15) is 11.4 Å². The fourth-order valence-corrected chi connectivity index (χ4v) is 1.87. The molecule has 0 unspecified atom stereocenters. The Balaban J connectivity index is 1.82. The lowest BCUT2D eigenvalue weighted by Gasteiger charge is -2.04. The Morgan fingerprint density at radius 1 is 1.16 bits per heavy atom. The van der Waals surface area contributed by atoms with Gasteiger partial charge in [-0.1, -0.05) is 12.1 Å². The summed E-state index contributed by atoms with van der Waals surface area (Å²) in [6.07, 6.45) is 6.59. The molecule has 0 aliphatic heterocycles. The maximum atomic E-state index is 8.90. The van der Waals surface area contributed by atoms with Crippen molar-refractivity contribution in [2.45, 2.75) is 6.54 Å². The van der Waals surface area contributed by atoms with Gasteiger partial charge in [-0.3, -0.25) is 0 Å². The maximum Gasteiger partial charge on any atom is 0.225 e. The average molecular weight is 250 g/mol. The van der Waals surface area contributed by atoms with E-state index in [1.54, 1.807) is 29.4 Å². The van der Waals surface area contributed by atoms with Crippen LogP contribution in [0.2, 0.25) is 0 Å². The van der Waals surface area contributed by atoms with Crippen molar-refractivity contribution in [3.05, 3.63) is 60.5 Å². The predicted molar refractivity (Wildman–Crippen MR) is 68.0 cm³/mol. The number of benzene rings is 1. The van der Waals surface area contributed by atoms with Crippen LogP contribution < -0.4 is 0 Å². The molecule has 2 aromatic heterocycles. The molecular formula is C14H10N4O. The minimum absolute atomic E-state index is 0.414. The van der Waals surface area contributed by atoms with Crippen LogP contribution in [0.3, 0.4) is 0 Å². The smallest absolute Gasteiger partial charge is 0.225 e. The first-order chi connectivity index (χ1) is 9.36. The van der Waals surface area contributed by atoms with Gasteiger partial charge >= 0.3 is 0 Å². The number of hydrogen-bond donors (Lipinski definition) is 0. The van der Waals surface area contributed by atoms with Crippen molar-refractivity contribution in [1.29, 1.82) is 5.26 Å². The second kappa shape index (κ2) is 4.78. The summed E-state index contributed by atoms with van der Waals surface area (Å²) in [5.74, 6) is 1.02. The molecule has 0 aliphatic rings. The predicted octanol–water partition coefficient (Wildman–Crippen LogP) is 2.46. The minimum atomic E-state index is 0.414. The molecule has 0 saturated heterocycles. The van der Waals surface area contributed by atoms with Crippen LogP contribution in [0.4, 0.5) is 0 Å². The Morgan fingerprint density at radius 2 is 2.00 bits per heavy atom. The highest BCUT2D eigenvalue weighted by Crippen LogP contribution is 2.18. The maximum absolute atomic E-state index is 8.90. The lowest BCUT2D eigenvalue weighted by atomic mass is 10.1. The van der Waals surface area contributed by atoms with E-state index in [-0.39, 0.29) is 0 Å². The van der Waals surface area contributed by atoms with Crippen LogP contribution in [-0.4, -0.2) is 14.5 Å². The Hall–Kier alpha value is -2.87. The number of oxazole rings is 1. The molecular weight excluding hydrogens is 240 g/mol. The van der Waals surface area contributed by atoms with Crippen LogP contribution in [0, 0.1) is 11.3 Å². The molecule has 0 aliphatic carbocycles. The summed E-state index contributed by atoms with van der Waals surface area (Å²) < 4.78 is 7.04. The van der Waals surface area contributed by atoms with Crippen molar-refractivity contribution in [2.75, 3.05) is 0 Å². The largest absolute Gasteiger partial charge is 0.445 e. The van der Waals surface area contributed by atoms with Gasteiger partial charge in [0.15, 0.2) is 0 Å². The summed E-state index contributed by atoms with van der Waals surface area (Å²) in [6, 6.07) is 9.93. The van der Waals surface area contributed by atoms with Crippen LogP contribution in [-0.2, 0) is 6.54 Å². The van der Waals surface area contributed by atoms with Crippen molar-refractivity contribution in [1.82, 2.24) is 14.5 Å². The molecule has 0 bridgehead atoms. The quantitative estimate of drug-likeness (QED) is 0.716. The van der Waals surface area contributed by atoms with Gasteiger partial charge in [-0.05, 0) is 17.7 Å². The number of rotatable bonds is 3. The van der Waals surface area contributed by atoms with Crippen molar-refractivity contribution in [2.24, 2.45) is 0 Å². The molecule has 5 nitrogen and oxygen atoms in total. The van der Waals surface area contributed by atoms with E-state index in [4.69, 9.17) is 9.68 Å². The van der Waals surface area contributed by atoms with Crippen molar-refractivity contribution >= 4 is 0 Å². The second-order valence-electron chi connectivity index (χ2n) is 4.02. The van der Waals surface area contributed by atoms with Gasteiger partial charge in [0.25, 0.3) is 0 Å². The number of hydrogen-bond acceptors (Lipinski definition) is 4. The molecule has 0 spiro atoms. The van der Waals surface area contributed by atoms with Crippen LogP contribution in [0.5, 0.6) is 0 Å². The molecule has 3 rings (SSSR count). The van der Waals surface area contributed by atoms with E-state index in [2.05, 4.69) is 16.0 Å². The molecule has 0 N–H and O–H groups in total. The molecule has 5 heteroatoms. The van der Waals surface area contributed by atoms with Gasteiger partial charge < -0.3 is 8.98 Å². The zero-order valence-corrected chi connectivity index (χ0v) is 10.0.